The number of carbonyl (C=O) groups is 2. The normalized spacial score (nSPS) is 25.6. The van der Waals surface area contributed by atoms with Crippen molar-refractivity contribution in [1.29, 1.82) is 0 Å². The number of nitrogens with zero attached hydrogens (tertiary/aromatic N) is 3. The minimum Gasteiger partial charge on any atom is -0.478 e. The molecular weight excluding hydrogens is 486 g/mol. The molecule has 0 radical (unpaired) electrons. The van der Waals surface area contributed by atoms with E-state index in [0.717, 1.165) is 70.0 Å². The van der Waals surface area contributed by atoms with E-state index >= 15 is 0 Å². The van der Waals surface area contributed by atoms with Crippen LogP contribution >= 0.6 is 0 Å². The van der Waals surface area contributed by atoms with E-state index in [1.807, 2.05) is 12.1 Å². The Morgan fingerprint density at radius 3 is 2.08 bits per heavy atom. The minimum absolute atomic E-state index is 0.0725. The van der Waals surface area contributed by atoms with E-state index in [9.17, 15) is 14.7 Å². The Labute approximate surface area is 236 Å². The summed E-state index contributed by atoms with van der Waals surface area (Å²) in [6.07, 6.45) is 7.95. The van der Waals surface area contributed by atoms with Crippen LogP contribution in [0.3, 0.4) is 0 Å². The summed E-state index contributed by atoms with van der Waals surface area (Å²) in [5, 5.41) is 9.48. The third-order valence-corrected chi connectivity index (χ3v) is 9.84. The summed E-state index contributed by atoms with van der Waals surface area (Å²) >= 11 is 0. The van der Waals surface area contributed by atoms with Crippen molar-refractivity contribution in [2.45, 2.75) is 112 Å². The van der Waals surface area contributed by atoms with Crippen LogP contribution in [-0.2, 0) is 4.79 Å². The molecule has 1 spiro atoms. The number of aromatic carboxylic acids is 1. The SMILES string of the molecule is CC(C)CCC(c1ccc(C(=O)O)cc1)N1C(=O)C(N2CCC(C(C)C)CC2)=NC12CCC(C(C)(C)C)CC2. The number of likely N-dealkylation sites (tertiary alicyclic amines) is 1. The van der Waals surface area contributed by atoms with Gasteiger partial charge in [0.15, 0.2) is 5.84 Å². The highest BCUT2D eigenvalue weighted by Gasteiger charge is 2.53. The third-order valence-electron chi connectivity index (χ3n) is 9.84. The quantitative estimate of drug-likeness (QED) is 0.393. The highest BCUT2D eigenvalue weighted by Crippen LogP contribution is 2.50. The lowest BCUT2D eigenvalue weighted by Crippen LogP contribution is -2.52. The van der Waals surface area contributed by atoms with E-state index in [2.05, 4.69) is 58.3 Å². The van der Waals surface area contributed by atoms with E-state index < -0.39 is 11.6 Å². The van der Waals surface area contributed by atoms with Crippen molar-refractivity contribution < 1.29 is 14.7 Å². The van der Waals surface area contributed by atoms with Crippen LogP contribution in [0.1, 0.15) is 122 Å². The van der Waals surface area contributed by atoms with Crippen molar-refractivity contribution in [3.63, 3.8) is 0 Å². The van der Waals surface area contributed by atoms with Crippen LogP contribution in [0.15, 0.2) is 29.3 Å². The number of carboxylic acids is 1. The predicted octanol–water partition coefficient (Wildman–Crippen LogP) is 7.40. The smallest absolute Gasteiger partial charge is 0.335 e. The van der Waals surface area contributed by atoms with Gasteiger partial charge in [0.1, 0.15) is 5.66 Å². The van der Waals surface area contributed by atoms with Gasteiger partial charge in [-0.25, -0.2) is 9.79 Å². The van der Waals surface area contributed by atoms with Crippen molar-refractivity contribution in [3.05, 3.63) is 35.4 Å². The number of amidine groups is 1. The Morgan fingerprint density at radius 2 is 1.59 bits per heavy atom. The molecule has 1 aromatic rings. The average molecular weight is 538 g/mol. The summed E-state index contributed by atoms with van der Waals surface area (Å²) in [5.41, 5.74) is 1.01. The zero-order chi connectivity index (χ0) is 28.5. The number of carboxylic acid groups (broad SMARTS) is 1. The monoisotopic (exact) mass is 537 g/mol. The largest absolute Gasteiger partial charge is 0.478 e. The summed E-state index contributed by atoms with van der Waals surface area (Å²) in [6, 6.07) is 7.08. The van der Waals surface area contributed by atoms with Crippen molar-refractivity contribution in [1.82, 2.24) is 9.80 Å². The molecule has 0 aromatic heterocycles. The zero-order valence-electron chi connectivity index (χ0n) is 25.4. The van der Waals surface area contributed by atoms with E-state index in [-0.39, 0.29) is 22.9 Å². The lowest BCUT2D eigenvalue weighted by molar-refractivity contribution is -0.134. The van der Waals surface area contributed by atoms with E-state index in [0.29, 0.717) is 29.5 Å². The van der Waals surface area contributed by atoms with Crippen LogP contribution in [-0.4, -0.2) is 51.4 Å². The maximum Gasteiger partial charge on any atom is 0.335 e. The minimum atomic E-state index is -0.926. The second-order valence-electron chi connectivity index (χ2n) is 14.2. The Morgan fingerprint density at radius 1 is 1.00 bits per heavy atom. The molecule has 2 heterocycles. The van der Waals surface area contributed by atoms with Crippen LogP contribution < -0.4 is 0 Å². The van der Waals surface area contributed by atoms with Gasteiger partial charge in [-0.1, -0.05) is 60.6 Å². The Kier molecular flexibility index (Phi) is 8.82. The molecule has 4 rings (SSSR count). The number of rotatable bonds is 7. The molecule has 3 aliphatic rings. The molecule has 1 amide bonds. The van der Waals surface area contributed by atoms with Crippen LogP contribution in [0.5, 0.6) is 0 Å². The predicted molar refractivity (Wildman–Crippen MR) is 158 cm³/mol. The second-order valence-corrected chi connectivity index (χ2v) is 14.2. The van der Waals surface area contributed by atoms with Crippen LogP contribution in [0.25, 0.3) is 0 Å². The van der Waals surface area contributed by atoms with Crippen LogP contribution in [0, 0.1) is 29.1 Å². The van der Waals surface area contributed by atoms with Gasteiger partial charge in [0.25, 0.3) is 5.91 Å². The molecule has 2 fully saturated rings. The zero-order valence-corrected chi connectivity index (χ0v) is 25.4. The van der Waals surface area contributed by atoms with Crippen molar-refractivity contribution in [2.24, 2.45) is 34.1 Å². The molecule has 1 aliphatic carbocycles. The van der Waals surface area contributed by atoms with Gasteiger partial charge in [-0.2, -0.15) is 0 Å². The topological polar surface area (TPSA) is 73.2 Å². The molecule has 1 saturated heterocycles. The van der Waals surface area contributed by atoms with Crippen LogP contribution in [0.2, 0.25) is 0 Å². The van der Waals surface area contributed by atoms with Crippen molar-refractivity contribution in [2.75, 3.05) is 13.1 Å². The molecular formula is C33H51N3O3. The van der Waals surface area contributed by atoms with Gasteiger partial charge in [0, 0.05) is 13.1 Å². The Bertz CT molecular complexity index is 1040. The molecule has 216 valence electrons. The molecule has 6 nitrogen and oxygen atoms in total. The second kappa shape index (κ2) is 11.6. The van der Waals surface area contributed by atoms with Crippen molar-refractivity contribution >= 4 is 17.7 Å². The molecule has 1 saturated carbocycles. The van der Waals surface area contributed by atoms with E-state index in [4.69, 9.17) is 4.99 Å². The maximum absolute atomic E-state index is 14.5. The molecule has 1 N–H and O–H groups in total. The van der Waals surface area contributed by atoms with Gasteiger partial charge < -0.3 is 14.9 Å². The number of piperidine rings is 1. The first-order valence-electron chi connectivity index (χ1n) is 15.3. The fourth-order valence-electron chi connectivity index (χ4n) is 7.09. The van der Waals surface area contributed by atoms with E-state index in [1.54, 1.807) is 12.1 Å². The first-order chi connectivity index (χ1) is 18.3. The summed E-state index contributed by atoms with van der Waals surface area (Å²) in [6.45, 7) is 17.8. The van der Waals surface area contributed by atoms with Crippen LogP contribution in [0.4, 0.5) is 0 Å². The van der Waals surface area contributed by atoms with Gasteiger partial charge in [0.05, 0.1) is 11.6 Å². The number of hydrogen-bond acceptors (Lipinski definition) is 4. The summed E-state index contributed by atoms with van der Waals surface area (Å²) in [7, 11) is 0. The highest BCUT2D eigenvalue weighted by atomic mass is 16.4. The summed E-state index contributed by atoms with van der Waals surface area (Å²) in [4.78, 5) is 35.8. The van der Waals surface area contributed by atoms with Gasteiger partial charge in [-0.3, -0.25) is 4.79 Å². The first-order valence-corrected chi connectivity index (χ1v) is 15.3. The van der Waals surface area contributed by atoms with Gasteiger partial charge in [-0.15, -0.1) is 0 Å². The summed E-state index contributed by atoms with van der Waals surface area (Å²) < 4.78 is 0. The molecule has 6 heteroatoms. The molecule has 2 aliphatic heterocycles. The molecule has 1 aromatic carbocycles. The number of carbonyl (C=O) groups excluding carboxylic acids is 1. The number of benzene rings is 1. The Balaban J connectivity index is 1.70. The standard InChI is InChI=1S/C33H51N3O3/c1-22(2)8-13-28(25-9-11-26(12-10-25)31(38)39)36-30(37)29(35-20-16-24(17-21-35)23(3)4)34-33(36)18-14-27(15-19-33)32(5,6)7/h9-12,22-24,27-28H,8,13-21H2,1-7H3,(H,38,39). The lowest BCUT2D eigenvalue weighted by Gasteiger charge is -2.47. The fourth-order valence-corrected chi connectivity index (χ4v) is 7.09. The molecule has 1 unspecified atom stereocenters. The number of aliphatic imine (C=N–C) groups is 1. The third kappa shape index (κ3) is 6.36. The fraction of sp³-hybridized carbons (Fsp3) is 0.727. The average Bonchev–Trinajstić information content (AvgIpc) is 3.15. The number of hydrogen-bond donors (Lipinski definition) is 1. The van der Waals surface area contributed by atoms with Gasteiger partial charge in [0.2, 0.25) is 0 Å². The maximum atomic E-state index is 14.5. The molecule has 0 bridgehead atoms. The highest BCUT2D eigenvalue weighted by molar-refractivity contribution is 6.39. The van der Waals surface area contributed by atoms with Gasteiger partial charge >= 0.3 is 5.97 Å². The van der Waals surface area contributed by atoms with Gasteiger partial charge in [-0.05, 0) is 98.1 Å². The molecule has 1 atom stereocenters. The Hall–Kier alpha value is -2.37. The number of amides is 1. The summed E-state index contributed by atoms with van der Waals surface area (Å²) in [5.74, 6) is 2.31. The lowest BCUT2D eigenvalue weighted by atomic mass is 9.69. The first kappa shape index (κ1) is 29.6. The van der Waals surface area contributed by atoms with E-state index in [1.165, 1.54) is 0 Å². The van der Waals surface area contributed by atoms with Crippen molar-refractivity contribution in [3.8, 4) is 0 Å². The molecule has 39 heavy (non-hydrogen) atoms.